The number of aliphatic imine (C=N–C) groups is 1. The second-order valence-corrected chi connectivity index (χ2v) is 22.7. The maximum absolute atomic E-state index is 14.2. The minimum Gasteiger partial charge on any atom is -0.508 e. The van der Waals surface area contributed by atoms with Crippen molar-refractivity contribution in [1.82, 2.24) is 52.8 Å². The SMILES string of the molecule is CC(C)C[C@H](NC(=O)CNC(=O)[C@H](CC(C)C)NC(=O)[C@H](CC(C)C)NC(=O)[C@H](Cc1ccc(O)cc1)NC(=O)[C@H](CO)NC(=O)[C@@H](N)CC(N)=O)C(=O)N[C@H](C(=O)N1CCC[C@H]1C(=O)N[C@@H](CC(=O)O)C(=O)N[C@@H](CCCN=C(N)N)C(=O)O)[C@@H](C)O. The van der Waals surface area contributed by atoms with E-state index in [0.29, 0.717) is 5.56 Å². The molecule has 11 amide bonds. The number of aromatic hydroxyl groups is 1. The summed E-state index contributed by atoms with van der Waals surface area (Å²) in [5.74, 6) is -14.7. The average molecular weight is 1250 g/mol. The van der Waals surface area contributed by atoms with E-state index in [9.17, 15) is 87.9 Å². The Kier molecular flexibility index (Phi) is 31.8. The number of nitrogens with two attached hydrogens (primary N) is 4. The fraction of sp³-hybridized carbons (Fsp3) is 0.636. The first-order chi connectivity index (χ1) is 41.1. The molecule has 1 aliphatic rings. The molecule has 0 spiro atoms. The van der Waals surface area contributed by atoms with Crippen molar-refractivity contribution in [2.45, 2.75) is 179 Å². The van der Waals surface area contributed by atoms with E-state index in [-0.39, 0.29) is 93.9 Å². The Morgan fingerprint density at radius 3 is 1.61 bits per heavy atom. The normalized spacial score (nSPS) is 16.3. The predicted molar refractivity (Wildman–Crippen MR) is 314 cm³/mol. The van der Waals surface area contributed by atoms with Gasteiger partial charge in [-0.1, -0.05) is 53.7 Å². The summed E-state index contributed by atoms with van der Waals surface area (Å²) >= 11 is 0. The lowest BCUT2D eigenvalue weighted by atomic mass is 9.99. The number of nitrogens with one attached hydrogen (secondary N) is 9. The van der Waals surface area contributed by atoms with E-state index < -0.39 is 169 Å². The number of aliphatic hydroxyl groups excluding tert-OH is 2. The summed E-state index contributed by atoms with van der Waals surface area (Å²) in [6, 6.07) is -9.54. The van der Waals surface area contributed by atoms with Crippen LogP contribution in [0.2, 0.25) is 0 Å². The number of carbonyl (C=O) groups excluding carboxylic acids is 11. The van der Waals surface area contributed by atoms with Crippen LogP contribution in [0.15, 0.2) is 29.3 Å². The molecule has 0 saturated carbocycles. The molecule has 33 nitrogen and oxygen atoms in total. The van der Waals surface area contributed by atoms with Gasteiger partial charge in [0, 0.05) is 19.5 Å². The number of aliphatic hydroxyl groups is 2. The van der Waals surface area contributed by atoms with Crippen molar-refractivity contribution >= 4 is 82.9 Å². The summed E-state index contributed by atoms with van der Waals surface area (Å²) in [4.78, 5) is 177. The van der Waals surface area contributed by atoms with Crippen molar-refractivity contribution in [3.8, 4) is 5.75 Å². The second-order valence-electron chi connectivity index (χ2n) is 22.7. The summed E-state index contributed by atoms with van der Waals surface area (Å²) < 4.78 is 0. The summed E-state index contributed by atoms with van der Waals surface area (Å²) in [5, 5.41) is 71.9. The van der Waals surface area contributed by atoms with E-state index in [1.807, 2.05) is 0 Å². The number of carboxylic acid groups (broad SMARTS) is 2. The van der Waals surface area contributed by atoms with Crippen LogP contribution in [0.5, 0.6) is 5.75 Å². The number of primary amides is 1. The highest BCUT2D eigenvalue weighted by Gasteiger charge is 2.42. The maximum Gasteiger partial charge on any atom is 0.326 e. The molecule has 0 unspecified atom stereocenters. The van der Waals surface area contributed by atoms with E-state index in [4.69, 9.17) is 22.9 Å². The Morgan fingerprint density at radius 2 is 1.10 bits per heavy atom. The standard InChI is InChI=1S/C55H89N15O18/c1-26(2)18-34(64-47(80)36(20-28(5)6)65-48(81)37(21-30-12-14-31(73)15-13-30)66-51(84)39(25-71)68-45(78)32(56)22-41(57)74)46(79)61-24-42(75)62-35(19-27(3)4)50(83)69-44(29(7)72)53(86)70-17-9-11-40(70)52(85)67-38(23-43(76)77)49(82)63-33(54(87)88)10-8-16-60-55(58)59/h12-15,26-29,32-40,44,71-73H,8-11,16-25,56H2,1-7H3,(H2,57,74)(H,61,79)(H,62,75)(H,63,82)(H,64,80)(H,65,81)(H,66,84)(H,67,85)(H,68,78)(H,69,83)(H,76,77)(H,87,88)(H4,58,59,60)/t29-,32+,33+,34+,35+,36+,37+,38+,39+,40+,44+/m1/s1. The number of hydrogen-bond acceptors (Lipinski definition) is 18. The van der Waals surface area contributed by atoms with Gasteiger partial charge in [0.15, 0.2) is 5.96 Å². The molecule has 11 atom stereocenters. The monoisotopic (exact) mass is 1250 g/mol. The largest absolute Gasteiger partial charge is 0.508 e. The number of likely N-dealkylation sites (tertiary alicyclic amines) is 1. The van der Waals surface area contributed by atoms with Gasteiger partial charge in [0.2, 0.25) is 65.0 Å². The van der Waals surface area contributed by atoms with Gasteiger partial charge in [-0.3, -0.25) is 62.5 Å². The molecule has 1 saturated heterocycles. The number of hydrogen-bond donors (Lipinski definition) is 18. The minimum atomic E-state index is -1.81. The molecular weight excluding hydrogens is 1160 g/mol. The van der Waals surface area contributed by atoms with Crippen molar-refractivity contribution in [2.75, 3.05) is 26.2 Å². The average Bonchev–Trinajstić information content (AvgIpc) is 2.75. The number of phenolic OH excluding ortho intramolecular Hbond substituents is 1. The molecule has 22 N–H and O–H groups in total. The quantitative estimate of drug-likeness (QED) is 0.0167. The molecule has 1 aromatic rings. The van der Waals surface area contributed by atoms with Crippen LogP contribution in [-0.4, -0.2) is 206 Å². The molecule has 0 aromatic heterocycles. The fourth-order valence-corrected chi connectivity index (χ4v) is 9.13. The predicted octanol–water partition coefficient (Wildman–Crippen LogP) is -5.75. The topological polar surface area (TPSA) is 551 Å². The molecule has 1 fully saturated rings. The van der Waals surface area contributed by atoms with E-state index in [1.54, 1.807) is 41.5 Å². The lowest BCUT2D eigenvalue weighted by Crippen LogP contribution is -2.61. The second kappa shape index (κ2) is 37.1. The van der Waals surface area contributed by atoms with Gasteiger partial charge in [0.25, 0.3) is 0 Å². The zero-order valence-corrected chi connectivity index (χ0v) is 50.5. The first-order valence-electron chi connectivity index (χ1n) is 28.7. The van der Waals surface area contributed by atoms with Crippen LogP contribution in [0, 0.1) is 17.8 Å². The van der Waals surface area contributed by atoms with E-state index in [2.05, 4.69) is 52.8 Å². The van der Waals surface area contributed by atoms with Crippen LogP contribution in [-0.2, 0) is 68.7 Å². The fourth-order valence-electron chi connectivity index (χ4n) is 9.13. The van der Waals surface area contributed by atoms with Crippen LogP contribution in [0.25, 0.3) is 0 Å². The van der Waals surface area contributed by atoms with E-state index in [1.165, 1.54) is 31.2 Å². The van der Waals surface area contributed by atoms with Gasteiger partial charge in [-0.25, -0.2) is 4.79 Å². The molecule has 1 aliphatic heterocycles. The number of aliphatic carboxylic acids is 2. The number of carbonyl (C=O) groups is 13. The number of benzene rings is 1. The first kappa shape index (κ1) is 75.4. The van der Waals surface area contributed by atoms with Crippen LogP contribution in [0.3, 0.4) is 0 Å². The van der Waals surface area contributed by atoms with Crippen molar-refractivity contribution in [1.29, 1.82) is 0 Å². The van der Waals surface area contributed by atoms with Crippen LogP contribution in [0.1, 0.15) is 112 Å². The third-order valence-electron chi connectivity index (χ3n) is 13.5. The van der Waals surface area contributed by atoms with E-state index in [0.717, 1.165) is 4.90 Å². The lowest BCUT2D eigenvalue weighted by Gasteiger charge is -2.32. The number of carboxylic acids is 2. The van der Waals surface area contributed by atoms with Gasteiger partial charge >= 0.3 is 11.9 Å². The highest BCUT2D eigenvalue weighted by molar-refractivity contribution is 5.99. The van der Waals surface area contributed by atoms with Gasteiger partial charge in [0.1, 0.15) is 60.1 Å². The van der Waals surface area contributed by atoms with Crippen molar-refractivity contribution in [3.63, 3.8) is 0 Å². The molecule has 33 heteroatoms. The van der Waals surface area contributed by atoms with Crippen molar-refractivity contribution < 1.29 is 87.9 Å². The Bertz CT molecular complexity index is 2630. The summed E-state index contributed by atoms with van der Waals surface area (Å²) in [7, 11) is 0. The molecule has 0 aliphatic carbocycles. The number of phenols is 1. The van der Waals surface area contributed by atoms with Crippen molar-refractivity contribution in [2.24, 2.45) is 45.7 Å². The Labute approximate surface area is 508 Å². The Balaban J connectivity index is 2.28. The summed E-state index contributed by atoms with van der Waals surface area (Å²) in [6.07, 6.45) is -3.28. The highest BCUT2D eigenvalue weighted by Crippen LogP contribution is 2.21. The first-order valence-corrected chi connectivity index (χ1v) is 28.7. The third-order valence-corrected chi connectivity index (χ3v) is 13.5. The summed E-state index contributed by atoms with van der Waals surface area (Å²) in [6.45, 7) is 9.82. The molecule has 2 rings (SSSR count). The Hall–Kier alpha value is -8.72. The lowest BCUT2D eigenvalue weighted by molar-refractivity contribution is -0.146. The zero-order valence-electron chi connectivity index (χ0n) is 50.5. The zero-order chi connectivity index (χ0) is 66.7. The Morgan fingerprint density at radius 1 is 0.614 bits per heavy atom. The maximum atomic E-state index is 14.2. The van der Waals surface area contributed by atoms with Crippen molar-refractivity contribution in [3.05, 3.63) is 29.8 Å². The molecule has 492 valence electrons. The van der Waals surface area contributed by atoms with Gasteiger partial charge in [-0.15, -0.1) is 0 Å². The number of rotatable bonds is 38. The molecule has 0 radical (unpaired) electrons. The molecule has 0 bridgehead atoms. The number of guanidine groups is 1. The minimum absolute atomic E-state index is 0.00128. The molecule has 1 aromatic carbocycles. The van der Waals surface area contributed by atoms with Gasteiger partial charge < -0.3 is 101 Å². The highest BCUT2D eigenvalue weighted by atomic mass is 16.4. The smallest absolute Gasteiger partial charge is 0.326 e. The third kappa shape index (κ3) is 26.9. The van der Waals surface area contributed by atoms with Crippen LogP contribution >= 0.6 is 0 Å². The van der Waals surface area contributed by atoms with Gasteiger partial charge in [0.05, 0.1) is 38.1 Å². The van der Waals surface area contributed by atoms with Gasteiger partial charge in [-0.2, -0.15) is 0 Å². The molecule has 1 heterocycles. The van der Waals surface area contributed by atoms with E-state index >= 15 is 0 Å². The number of amides is 11. The van der Waals surface area contributed by atoms with Crippen LogP contribution in [0.4, 0.5) is 0 Å². The molecular formula is C55H89N15O18. The molecule has 88 heavy (non-hydrogen) atoms. The van der Waals surface area contributed by atoms with Crippen LogP contribution < -0.4 is 70.8 Å². The number of nitrogens with zero attached hydrogens (tertiary/aromatic N) is 2. The summed E-state index contributed by atoms with van der Waals surface area (Å²) in [5.41, 5.74) is 21.8. The van der Waals surface area contributed by atoms with Gasteiger partial charge in [-0.05, 0) is 87.3 Å².